The van der Waals surface area contributed by atoms with Crippen molar-refractivity contribution in [2.75, 3.05) is 19.6 Å². The van der Waals surface area contributed by atoms with Gasteiger partial charge in [-0.05, 0) is 29.8 Å². The summed E-state index contributed by atoms with van der Waals surface area (Å²) in [5.41, 5.74) is 1.48. The highest BCUT2D eigenvalue weighted by molar-refractivity contribution is 5.93. The van der Waals surface area contributed by atoms with Gasteiger partial charge in [-0.15, -0.1) is 0 Å². The molecule has 1 aromatic heterocycles. The molecule has 1 fully saturated rings. The molecule has 4 nitrogen and oxygen atoms in total. The van der Waals surface area contributed by atoms with E-state index in [1.807, 2.05) is 40.9 Å². The SMILES string of the molecule is Cn1cccc1C(=O)N1CCNCC1c1cccc(F)c1. The molecule has 110 valence electrons. The molecule has 0 bridgehead atoms. The summed E-state index contributed by atoms with van der Waals surface area (Å²) in [5.74, 6) is -0.289. The summed E-state index contributed by atoms with van der Waals surface area (Å²) < 4.78 is 15.3. The predicted molar refractivity (Wildman–Crippen MR) is 78.5 cm³/mol. The molecule has 3 rings (SSSR count). The zero-order chi connectivity index (χ0) is 14.8. The van der Waals surface area contributed by atoms with Gasteiger partial charge in [0.15, 0.2) is 0 Å². The second-order valence-corrected chi connectivity index (χ2v) is 5.28. The van der Waals surface area contributed by atoms with E-state index in [1.54, 1.807) is 6.07 Å². The van der Waals surface area contributed by atoms with Crippen molar-refractivity contribution in [1.82, 2.24) is 14.8 Å². The quantitative estimate of drug-likeness (QED) is 0.916. The van der Waals surface area contributed by atoms with Crippen molar-refractivity contribution in [3.8, 4) is 0 Å². The molecule has 1 unspecified atom stereocenters. The Morgan fingerprint density at radius 1 is 1.33 bits per heavy atom. The fraction of sp³-hybridized carbons (Fsp3) is 0.312. The van der Waals surface area contributed by atoms with Gasteiger partial charge in [-0.1, -0.05) is 12.1 Å². The van der Waals surface area contributed by atoms with Gasteiger partial charge in [0.25, 0.3) is 5.91 Å². The largest absolute Gasteiger partial charge is 0.347 e. The van der Waals surface area contributed by atoms with Crippen molar-refractivity contribution < 1.29 is 9.18 Å². The third-order valence-corrected chi connectivity index (χ3v) is 3.90. The van der Waals surface area contributed by atoms with E-state index in [2.05, 4.69) is 5.32 Å². The number of rotatable bonds is 2. The Bertz CT molecular complexity index is 652. The zero-order valence-corrected chi connectivity index (χ0v) is 11.9. The third kappa shape index (κ3) is 2.69. The molecule has 1 amide bonds. The van der Waals surface area contributed by atoms with Gasteiger partial charge in [0, 0.05) is 32.9 Å². The lowest BCUT2D eigenvalue weighted by Gasteiger charge is -2.36. The van der Waals surface area contributed by atoms with Crippen molar-refractivity contribution in [2.45, 2.75) is 6.04 Å². The van der Waals surface area contributed by atoms with Gasteiger partial charge in [0.1, 0.15) is 11.5 Å². The molecule has 1 N–H and O–H groups in total. The first-order valence-electron chi connectivity index (χ1n) is 7.05. The van der Waals surface area contributed by atoms with Crippen LogP contribution in [0.1, 0.15) is 22.1 Å². The lowest BCUT2D eigenvalue weighted by Crippen LogP contribution is -2.49. The number of piperazine rings is 1. The number of carbonyl (C=O) groups excluding carboxylic acids is 1. The molecule has 1 saturated heterocycles. The van der Waals surface area contributed by atoms with Gasteiger partial charge in [0.2, 0.25) is 0 Å². The molecule has 0 radical (unpaired) electrons. The first-order valence-corrected chi connectivity index (χ1v) is 7.05. The van der Waals surface area contributed by atoms with Crippen LogP contribution >= 0.6 is 0 Å². The molecule has 1 aromatic carbocycles. The van der Waals surface area contributed by atoms with E-state index in [-0.39, 0.29) is 17.8 Å². The second-order valence-electron chi connectivity index (χ2n) is 5.28. The number of hydrogen-bond acceptors (Lipinski definition) is 2. The summed E-state index contributed by atoms with van der Waals surface area (Å²) in [7, 11) is 1.85. The minimum absolute atomic E-state index is 0.0155. The number of nitrogens with zero attached hydrogens (tertiary/aromatic N) is 2. The van der Waals surface area contributed by atoms with Gasteiger partial charge in [-0.3, -0.25) is 4.79 Å². The maximum absolute atomic E-state index is 13.5. The molecule has 21 heavy (non-hydrogen) atoms. The monoisotopic (exact) mass is 287 g/mol. The van der Waals surface area contributed by atoms with Crippen LogP contribution in [0, 0.1) is 5.82 Å². The highest BCUT2D eigenvalue weighted by Gasteiger charge is 2.29. The minimum atomic E-state index is -0.274. The highest BCUT2D eigenvalue weighted by Crippen LogP contribution is 2.24. The number of aryl methyl sites for hydroxylation is 1. The Balaban J connectivity index is 1.92. The van der Waals surface area contributed by atoms with E-state index in [4.69, 9.17) is 0 Å². The molecule has 2 heterocycles. The van der Waals surface area contributed by atoms with Crippen LogP contribution in [-0.2, 0) is 7.05 Å². The van der Waals surface area contributed by atoms with E-state index in [1.165, 1.54) is 12.1 Å². The highest BCUT2D eigenvalue weighted by atomic mass is 19.1. The molecule has 0 aliphatic carbocycles. The van der Waals surface area contributed by atoms with Gasteiger partial charge in [-0.25, -0.2) is 4.39 Å². The van der Waals surface area contributed by atoms with Crippen LogP contribution in [0.4, 0.5) is 4.39 Å². The van der Waals surface area contributed by atoms with Crippen LogP contribution in [-0.4, -0.2) is 35.0 Å². The zero-order valence-electron chi connectivity index (χ0n) is 11.9. The Morgan fingerprint density at radius 3 is 2.90 bits per heavy atom. The van der Waals surface area contributed by atoms with Gasteiger partial charge in [0.05, 0.1) is 6.04 Å². The summed E-state index contributed by atoms with van der Waals surface area (Å²) >= 11 is 0. The average molecular weight is 287 g/mol. The first-order chi connectivity index (χ1) is 10.2. The summed E-state index contributed by atoms with van der Waals surface area (Å²) in [4.78, 5) is 14.6. The van der Waals surface area contributed by atoms with Gasteiger partial charge < -0.3 is 14.8 Å². The summed E-state index contributed by atoms with van der Waals surface area (Å²) in [6.07, 6.45) is 1.85. The van der Waals surface area contributed by atoms with Crippen molar-refractivity contribution in [3.05, 3.63) is 59.7 Å². The number of nitrogens with one attached hydrogen (secondary N) is 1. The lowest BCUT2D eigenvalue weighted by atomic mass is 10.0. The smallest absolute Gasteiger partial charge is 0.271 e. The standard InChI is InChI=1S/C16H18FN3O/c1-19-8-3-6-14(19)16(21)20-9-7-18-11-15(20)12-4-2-5-13(17)10-12/h2-6,8,10,15,18H,7,9,11H2,1H3. The maximum atomic E-state index is 13.5. The van der Waals surface area contributed by atoms with E-state index < -0.39 is 0 Å². The molecule has 1 atom stereocenters. The van der Waals surface area contributed by atoms with Gasteiger partial charge in [-0.2, -0.15) is 0 Å². The third-order valence-electron chi connectivity index (χ3n) is 3.90. The van der Waals surface area contributed by atoms with Crippen LogP contribution < -0.4 is 5.32 Å². The normalized spacial score (nSPS) is 18.8. The minimum Gasteiger partial charge on any atom is -0.347 e. The molecule has 1 aliphatic heterocycles. The van der Waals surface area contributed by atoms with Crippen molar-refractivity contribution in [2.24, 2.45) is 7.05 Å². The first kappa shape index (κ1) is 13.8. The number of amides is 1. The summed E-state index contributed by atoms with van der Waals surface area (Å²) in [5, 5.41) is 3.27. The van der Waals surface area contributed by atoms with E-state index in [0.717, 1.165) is 12.1 Å². The fourth-order valence-corrected chi connectivity index (χ4v) is 2.79. The van der Waals surface area contributed by atoms with E-state index >= 15 is 0 Å². The van der Waals surface area contributed by atoms with Crippen molar-refractivity contribution in [3.63, 3.8) is 0 Å². The average Bonchev–Trinajstić information content (AvgIpc) is 2.93. The lowest BCUT2D eigenvalue weighted by molar-refractivity contribution is 0.0624. The molecule has 5 heteroatoms. The fourth-order valence-electron chi connectivity index (χ4n) is 2.79. The number of halogens is 1. The van der Waals surface area contributed by atoms with E-state index in [9.17, 15) is 9.18 Å². The van der Waals surface area contributed by atoms with Crippen LogP contribution in [0.25, 0.3) is 0 Å². The predicted octanol–water partition coefficient (Wildman–Crippen LogP) is 1.95. The van der Waals surface area contributed by atoms with Gasteiger partial charge >= 0.3 is 0 Å². The Kier molecular flexibility index (Phi) is 3.75. The molecular formula is C16H18FN3O. The maximum Gasteiger partial charge on any atom is 0.271 e. The molecule has 0 spiro atoms. The summed E-state index contributed by atoms with van der Waals surface area (Å²) in [6, 6.07) is 10.00. The molecular weight excluding hydrogens is 269 g/mol. The van der Waals surface area contributed by atoms with Crippen molar-refractivity contribution >= 4 is 5.91 Å². The van der Waals surface area contributed by atoms with Crippen molar-refractivity contribution in [1.29, 1.82) is 0 Å². The molecule has 1 aliphatic rings. The Morgan fingerprint density at radius 2 is 2.19 bits per heavy atom. The topological polar surface area (TPSA) is 37.3 Å². The molecule has 2 aromatic rings. The van der Waals surface area contributed by atoms with Crippen LogP contribution in [0.2, 0.25) is 0 Å². The van der Waals surface area contributed by atoms with E-state index in [0.29, 0.717) is 18.8 Å². The number of aromatic nitrogens is 1. The van der Waals surface area contributed by atoms with Crippen LogP contribution in [0.15, 0.2) is 42.6 Å². The Hall–Kier alpha value is -2.14. The Labute approximate surface area is 123 Å². The number of benzene rings is 1. The summed E-state index contributed by atoms with van der Waals surface area (Å²) in [6.45, 7) is 2.01. The van der Waals surface area contributed by atoms with Crippen LogP contribution in [0.3, 0.4) is 0 Å². The molecule has 0 saturated carbocycles. The number of hydrogen-bond donors (Lipinski definition) is 1. The second kappa shape index (κ2) is 5.69. The van der Waals surface area contributed by atoms with Crippen LogP contribution in [0.5, 0.6) is 0 Å². The number of carbonyl (C=O) groups is 1.